The number of anilines is 1. The number of nitriles is 1. The van der Waals surface area contributed by atoms with E-state index in [-0.39, 0.29) is 29.1 Å². The van der Waals surface area contributed by atoms with Gasteiger partial charge in [0.05, 0.1) is 41.3 Å². The van der Waals surface area contributed by atoms with Gasteiger partial charge in [-0.1, -0.05) is 19.1 Å². The number of sulfone groups is 1. The van der Waals surface area contributed by atoms with E-state index >= 15 is 0 Å². The predicted molar refractivity (Wildman–Crippen MR) is 144 cm³/mol. The molecule has 1 amide bonds. The summed E-state index contributed by atoms with van der Waals surface area (Å²) in [6.07, 6.45) is -3.88. The van der Waals surface area contributed by atoms with E-state index in [1.165, 1.54) is 24.3 Å². The summed E-state index contributed by atoms with van der Waals surface area (Å²) in [5.41, 5.74) is 1.17. The lowest BCUT2D eigenvalue weighted by Crippen LogP contribution is -2.28. The zero-order valence-electron chi connectivity index (χ0n) is 21.7. The Bertz CT molecular complexity index is 1470. The smallest absolute Gasteiger partial charge is 0.416 e. The summed E-state index contributed by atoms with van der Waals surface area (Å²) in [6, 6.07) is 19.2. The lowest BCUT2D eigenvalue weighted by molar-refractivity contribution is -0.137. The Labute approximate surface area is 231 Å². The number of alkyl halides is 3. The zero-order chi connectivity index (χ0) is 28.9. The van der Waals surface area contributed by atoms with Gasteiger partial charge in [0, 0.05) is 24.2 Å². The van der Waals surface area contributed by atoms with Gasteiger partial charge in [0.15, 0.2) is 9.84 Å². The molecule has 210 valence electrons. The van der Waals surface area contributed by atoms with Crippen LogP contribution in [-0.2, 0) is 16.0 Å². The summed E-state index contributed by atoms with van der Waals surface area (Å²) in [4.78, 5) is 15.2. The van der Waals surface area contributed by atoms with Gasteiger partial charge in [-0.15, -0.1) is 0 Å². The molecule has 3 aromatic rings. The highest BCUT2D eigenvalue weighted by atomic mass is 32.2. The molecule has 0 radical (unpaired) electrons. The van der Waals surface area contributed by atoms with E-state index in [9.17, 15) is 31.6 Å². The molecule has 7 nitrogen and oxygen atoms in total. The number of nitrogens with zero attached hydrogens (tertiary/aromatic N) is 2. The third kappa shape index (κ3) is 6.93. The second-order valence-corrected chi connectivity index (χ2v) is 11.7. The van der Waals surface area contributed by atoms with Crippen molar-refractivity contribution in [1.82, 2.24) is 5.32 Å². The summed E-state index contributed by atoms with van der Waals surface area (Å²) in [5.74, 6) is -0.0206. The van der Waals surface area contributed by atoms with Crippen LogP contribution < -0.4 is 15.0 Å². The first kappa shape index (κ1) is 29.0. The Balaban J connectivity index is 1.36. The summed E-state index contributed by atoms with van der Waals surface area (Å²) in [5, 5.41) is 12.1. The third-order valence-electron chi connectivity index (χ3n) is 6.75. The van der Waals surface area contributed by atoms with E-state index in [0.29, 0.717) is 36.4 Å². The summed E-state index contributed by atoms with van der Waals surface area (Å²) in [7, 11) is -3.36. The summed E-state index contributed by atoms with van der Waals surface area (Å²) < 4.78 is 68.3. The van der Waals surface area contributed by atoms with E-state index in [1.54, 1.807) is 43.3 Å². The average Bonchev–Trinajstić information content (AvgIpc) is 3.41. The summed E-state index contributed by atoms with van der Waals surface area (Å²) >= 11 is 0. The van der Waals surface area contributed by atoms with Crippen molar-refractivity contribution >= 4 is 21.4 Å². The first-order chi connectivity index (χ1) is 19.0. The Kier molecular flexibility index (Phi) is 8.69. The van der Waals surface area contributed by atoms with Gasteiger partial charge in [0.1, 0.15) is 11.9 Å². The molecule has 40 heavy (non-hydrogen) atoms. The number of hydrogen-bond donors (Lipinski definition) is 1. The van der Waals surface area contributed by atoms with Gasteiger partial charge in [-0.2, -0.15) is 18.4 Å². The van der Waals surface area contributed by atoms with E-state index in [4.69, 9.17) is 4.74 Å². The molecule has 0 bridgehead atoms. The molecule has 0 aromatic heterocycles. The van der Waals surface area contributed by atoms with Crippen molar-refractivity contribution in [2.75, 3.05) is 23.7 Å². The van der Waals surface area contributed by atoms with Crippen LogP contribution in [0.15, 0.2) is 77.7 Å². The monoisotopic (exact) mass is 571 g/mol. The fourth-order valence-electron chi connectivity index (χ4n) is 4.46. The van der Waals surface area contributed by atoms with Crippen LogP contribution in [0, 0.1) is 11.3 Å². The number of ether oxygens (including phenoxy) is 1. The maximum absolute atomic E-state index is 12.9. The van der Waals surface area contributed by atoms with Crippen LogP contribution in [0.4, 0.5) is 18.9 Å². The quantitative estimate of drug-likeness (QED) is 0.362. The second kappa shape index (κ2) is 12.0. The van der Waals surface area contributed by atoms with Crippen LogP contribution in [0.1, 0.15) is 47.3 Å². The Hall–Kier alpha value is -4.04. The molecule has 0 spiro atoms. The lowest BCUT2D eigenvalue weighted by atomic mass is 10.0. The fraction of sp³-hybridized carbons (Fsp3) is 0.310. The molecule has 4 rings (SSSR count). The molecule has 1 aliphatic rings. The number of hydrogen-bond acceptors (Lipinski definition) is 6. The number of rotatable bonds is 9. The minimum Gasteiger partial charge on any atom is -0.489 e. The molecule has 1 saturated heterocycles. The molecule has 1 heterocycles. The van der Waals surface area contributed by atoms with E-state index in [0.717, 1.165) is 17.8 Å². The Morgan fingerprint density at radius 2 is 1.73 bits per heavy atom. The summed E-state index contributed by atoms with van der Waals surface area (Å²) in [6.45, 7) is 2.79. The molecule has 0 saturated carbocycles. The number of carbonyl (C=O) groups excluding carboxylic acids is 1. The van der Waals surface area contributed by atoms with Crippen molar-refractivity contribution in [3.63, 3.8) is 0 Å². The second-order valence-electron chi connectivity index (χ2n) is 9.40. The van der Waals surface area contributed by atoms with Gasteiger partial charge < -0.3 is 15.0 Å². The first-order valence-electron chi connectivity index (χ1n) is 12.7. The van der Waals surface area contributed by atoms with Gasteiger partial charge in [-0.3, -0.25) is 4.79 Å². The molecule has 3 aromatic carbocycles. The normalized spacial score (nSPS) is 16.3. The molecular formula is C29H28F3N3O4S. The minimum absolute atomic E-state index is 0.0117. The van der Waals surface area contributed by atoms with E-state index in [1.807, 2.05) is 0 Å². The van der Waals surface area contributed by atoms with Crippen molar-refractivity contribution in [3.05, 3.63) is 89.5 Å². The Morgan fingerprint density at radius 3 is 2.30 bits per heavy atom. The standard InChI is InChI=1S/C29H28F3N3O4S/c1-2-40(37,38)26-13-5-20(6-14-26)27(15-17-33)34-28(36)21-3-9-23(10-4-21)35-18-16-25(19-35)39-24-11-7-22(8-12-24)29(30,31)32/h3-14,25,27H,2,15-16,18-19H2,1H3,(H,34,36)/t25-,27-/m0/s1. The van der Waals surface area contributed by atoms with Crippen LogP contribution in [-0.4, -0.2) is 39.3 Å². The molecule has 2 atom stereocenters. The third-order valence-corrected chi connectivity index (χ3v) is 8.50. The molecule has 1 aliphatic heterocycles. The highest BCUT2D eigenvalue weighted by molar-refractivity contribution is 7.91. The van der Waals surface area contributed by atoms with Crippen LogP contribution in [0.3, 0.4) is 0 Å². The molecule has 0 aliphatic carbocycles. The van der Waals surface area contributed by atoms with Crippen molar-refractivity contribution in [2.45, 2.75) is 43.0 Å². The van der Waals surface area contributed by atoms with Gasteiger partial charge in [-0.25, -0.2) is 8.42 Å². The number of amides is 1. The predicted octanol–water partition coefficient (Wildman–Crippen LogP) is 5.54. The van der Waals surface area contributed by atoms with Crippen molar-refractivity contribution < 1.29 is 31.1 Å². The van der Waals surface area contributed by atoms with Gasteiger partial charge in [-0.05, 0) is 66.2 Å². The van der Waals surface area contributed by atoms with Gasteiger partial charge >= 0.3 is 6.18 Å². The first-order valence-corrected chi connectivity index (χ1v) is 14.3. The van der Waals surface area contributed by atoms with Crippen LogP contribution >= 0.6 is 0 Å². The maximum Gasteiger partial charge on any atom is 0.416 e. The van der Waals surface area contributed by atoms with Crippen LogP contribution in [0.5, 0.6) is 5.75 Å². The molecule has 0 unspecified atom stereocenters. The lowest BCUT2D eigenvalue weighted by Gasteiger charge is -2.20. The van der Waals surface area contributed by atoms with Crippen LogP contribution in [0.2, 0.25) is 0 Å². The highest BCUT2D eigenvalue weighted by Gasteiger charge is 2.30. The number of nitrogens with one attached hydrogen (secondary N) is 1. The topological polar surface area (TPSA) is 99.5 Å². The van der Waals surface area contributed by atoms with Crippen molar-refractivity contribution in [3.8, 4) is 11.8 Å². The van der Waals surface area contributed by atoms with E-state index < -0.39 is 27.6 Å². The SMILES string of the molecule is CCS(=O)(=O)c1ccc([C@H](CC#N)NC(=O)c2ccc(N3CC[C@H](Oc4ccc(C(F)(F)F)cc4)C3)cc2)cc1. The molecule has 11 heteroatoms. The number of halogens is 3. The van der Waals surface area contributed by atoms with Crippen molar-refractivity contribution in [2.24, 2.45) is 0 Å². The highest BCUT2D eigenvalue weighted by Crippen LogP contribution is 2.31. The van der Waals surface area contributed by atoms with Gasteiger partial charge in [0.2, 0.25) is 0 Å². The molecule has 1 fully saturated rings. The molecular weight excluding hydrogens is 543 g/mol. The molecule has 1 N–H and O–H groups in total. The van der Waals surface area contributed by atoms with Gasteiger partial charge in [0.25, 0.3) is 5.91 Å². The number of carbonyl (C=O) groups is 1. The maximum atomic E-state index is 12.9. The van der Waals surface area contributed by atoms with E-state index in [2.05, 4.69) is 16.3 Å². The number of benzene rings is 3. The Morgan fingerprint density at radius 1 is 1.07 bits per heavy atom. The van der Waals surface area contributed by atoms with Crippen molar-refractivity contribution in [1.29, 1.82) is 5.26 Å². The zero-order valence-corrected chi connectivity index (χ0v) is 22.5. The largest absolute Gasteiger partial charge is 0.489 e. The minimum atomic E-state index is -4.40. The van der Waals surface area contributed by atoms with Crippen LogP contribution in [0.25, 0.3) is 0 Å². The average molecular weight is 572 g/mol. The fourth-order valence-corrected chi connectivity index (χ4v) is 5.34.